The van der Waals surface area contributed by atoms with Crippen LogP contribution in [0, 0.1) is 0 Å². The van der Waals surface area contributed by atoms with Crippen molar-refractivity contribution in [1.29, 1.82) is 0 Å². The number of hydrogen-bond donors (Lipinski definition) is 2. The summed E-state index contributed by atoms with van der Waals surface area (Å²) in [6.07, 6.45) is 6.85. The molecule has 0 aromatic heterocycles. The first-order valence-corrected chi connectivity index (χ1v) is 14.9. The van der Waals surface area contributed by atoms with Gasteiger partial charge in [0.15, 0.2) is 0 Å². The Morgan fingerprint density at radius 3 is 2.67 bits per heavy atom. The fourth-order valence-electron chi connectivity index (χ4n) is 5.10. The first-order chi connectivity index (χ1) is 20.4. The zero-order valence-corrected chi connectivity index (χ0v) is 24.7. The molecule has 0 saturated carbocycles. The van der Waals surface area contributed by atoms with Gasteiger partial charge in [-0.2, -0.15) is 0 Å². The number of carbonyl (C=O) groups excluding carboxylic acids is 3. The van der Waals surface area contributed by atoms with Gasteiger partial charge in [0.05, 0.1) is 18.8 Å². The zero-order valence-electron chi connectivity index (χ0n) is 24.7. The van der Waals surface area contributed by atoms with E-state index in [2.05, 4.69) is 10.6 Å². The maximum absolute atomic E-state index is 11.9. The van der Waals surface area contributed by atoms with Crippen molar-refractivity contribution in [3.05, 3.63) is 59.2 Å². The summed E-state index contributed by atoms with van der Waals surface area (Å²) >= 11 is 0. The van der Waals surface area contributed by atoms with Crippen LogP contribution in [-0.2, 0) is 36.8 Å². The van der Waals surface area contributed by atoms with Crippen molar-refractivity contribution in [2.75, 3.05) is 37.7 Å². The van der Waals surface area contributed by atoms with E-state index in [1.807, 2.05) is 50.2 Å². The molecule has 0 unspecified atom stereocenters. The number of anilines is 1. The molecular formula is C32H43N3O7. The van der Waals surface area contributed by atoms with E-state index in [9.17, 15) is 14.4 Å². The standard InChI is InChI=1S/C32H43N3O7/c1-32(2)41-22-26-19-25(13-14-28(26)42-32)29(40-23-36)20-33-15-6-4-3-5-7-16-39-17-9-11-24-10-8-12-27(18-24)35-30(37)21-34-31(35)38/h8,10,12-14,18-19,23,29,33H,3-7,9,11,15-17,20-22H2,1-2H3,(H,34,38)/t29-/m0/s1. The fourth-order valence-corrected chi connectivity index (χ4v) is 5.10. The number of fused-ring (bicyclic) bond motifs is 1. The van der Waals surface area contributed by atoms with Crippen LogP contribution in [0.25, 0.3) is 0 Å². The van der Waals surface area contributed by atoms with E-state index in [4.69, 9.17) is 18.9 Å². The number of nitrogens with zero attached hydrogens (tertiary/aromatic N) is 1. The molecule has 2 aromatic rings. The molecule has 3 amide bonds. The third-order valence-corrected chi connectivity index (χ3v) is 7.35. The summed E-state index contributed by atoms with van der Waals surface area (Å²) in [5, 5.41) is 5.96. The normalized spacial score (nSPS) is 16.5. The Hall–Kier alpha value is -3.47. The van der Waals surface area contributed by atoms with Gasteiger partial charge >= 0.3 is 6.03 Å². The lowest BCUT2D eigenvalue weighted by Crippen LogP contribution is -2.35. The van der Waals surface area contributed by atoms with Gasteiger partial charge in [-0.15, -0.1) is 0 Å². The third-order valence-electron chi connectivity index (χ3n) is 7.35. The lowest BCUT2D eigenvalue weighted by atomic mass is 10.0. The van der Waals surface area contributed by atoms with E-state index >= 15 is 0 Å². The van der Waals surface area contributed by atoms with E-state index in [-0.39, 0.29) is 24.6 Å². The Morgan fingerprint density at radius 1 is 1.05 bits per heavy atom. The topological polar surface area (TPSA) is 115 Å². The largest absolute Gasteiger partial charge is 0.463 e. The SMILES string of the molecule is CC1(C)OCc2cc([C@H](CNCCCCCCCOCCCc3cccc(N4C(=O)CNC4=O)c3)OC=O)ccc2O1. The van der Waals surface area contributed by atoms with Gasteiger partial charge in [-0.05, 0) is 67.6 Å². The van der Waals surface area contributed by atoms with Crippen molar-refractivity contribution in [2.45, 2.75) is 77.3 Å². The summed E-state index contributed by atoms with van der Waals surface area (Å²) in [7, 11) is 0. The minimum Gasteiger partial charge on any atom is -0.463 e. The Balaban J connectivity index is 1.02. The molecule has 4 rings (SSSR count). The molecule has 0 spiro atoms. The van der Waals surface area contributed by atoms with Crippen molar-refractivity contribution in [2.24, 2.45) is 0 Å². The smallest absolute Gasteiger partial charge is 0.329 e. The van der Waals surface area contributed by atoms with Gasteiger partial charge < -0.3 is 29.6 Å². The van der Waals surface area contributed by atoms with Crippen molar-refractivity contribution in [3.8, 4) is 5.75 Å². The molecule has 10 heteroatoms. The maximum atomic E-state index is 11.9. The number of benzene rings is 2. The molecule has 0 aliphatic carbocycles. The average molecular weight is 582 g/mol. The van der Waals surface area contributed by atoms with Gasteiger partial charge in [0.1, 0.15) is 11.9 Å². The number of unbranched alkanes of at least 4 members (excludes halogenated alkanes) is 4. The average Bonchev–Trinajstić information content (AvgIpc) is 3.31. The Morgan fingerprint density at radius 2 is 1.86 bits per heavy atom. The summed E-state index contributed by atoms with van der Waals surface area (Å²) in [4.78, 5) is 36.1. The highest BCUT2D eigenvalue weighted by molar-refractivity contribution is 6.19. The number of urea groups is 1. The first-order valence-electron chi connectivity index (χ1n) is 14.9. The number of hydrogen-bond acceptors (Lipinski definition) is 8. The minimum absolute atomic E-state index is 0.0502. The molecule has 0 bridgehead atoms. The second-order valence-corrected chi connectivity index (χ2v) is 11.1. The van der Waals surface area contributed by atoms with Crippen LogP contribution in [0.4, 0.5) is 10.5 Å². The lowest BCUT2D eigenvalue weighted by molar-refractivity contribution is -0.180. The fraction of sp³-hybridized carbons (Fsp3) is 0.531. The summed E-state index contributed by atoms with van der Waals surface area (Å²) in [6.45, 7) is 7.63. The van der Waals surface area contributed by atoms with Gasteiger partial charge in [0.2, 0.25) is 5.79 Å². The predicted molar refractivity (Wildman–Crippen MR) is 158 cm³/mol. The van der Waals surface area contributed by atoms with Crippen molar-refractivity contribution in [3.63, 3.8) is 0 Å². The van der Waals surface area contributed by atoms with Gasteiger partial charge in [0.25, 0.3) is 12.4 Å². The minimum atomic E-state index is -0.642. The molecule has 42 heavy (non-hydrogen) atoms. The second-order valence-electron chi connectivity index (χ2n) is 11.1. The molecule has 2 aliphatic rings. The summed E-state index contributed by atoms with van der Waals surface area (Å²) in [6, 6.07) is 13.0. The summed E-state index contributed by atoms with van der Waals surface area (Å²) in [5.41, 5.74) is 3.56. The Bertz CT molecular complexity index is 1190. The summed E-state index contributed by atoms with van der Waals surface area (Å²) < 4.78 is 22.7. The van der Waals surface area contributed by atoms with Gasteiger partial charge in [-0.3, -0.25) is 9.59 Å². The van der Waals surface area contributed by atoms with Crippen molar-refractivity contribution in [1.82, 2.24) is 10.6 Å². The Kier molecular flexibility index (Phi) is 11.7. The van der Waals surface area contributed by atoms with Gasteiger partial charge in [-0.25, -0.2) is 9.69 Å². The molecule has 10 nitrogen and oxygen atoms in total. The van der Waals surface area contributed by atoms with Crippen LogP contribution in [-0.4, -0.2) is 57.0 Å². The highest BCUT2D eigenvalue weighted by atomic mass is 16.7. The van der Waals surface area contributed by atoms with E-state index in [0.29, 0.717) is 31.9 Å². The lowest BCUT2D eigenvalue weighted by Gasteiger charge is -2.33. The molecule has 228 valence electrons. The number of carbonyl (C=O) groups is 3. The van der Waals surface area contributed by atoms with E-state index in [0.717, 1.165) is 80.5 Å². The molecule has 0 radical (unpaired) electrons. The van der Waals surface area contributed by atoms with E-state index < -0.39 is 5.79 Å². The van der Waals surface area contributed by atoms with Crippen molar-refractivity contribution >= 4 is 24.1 Å². The number of aryl methyl sites for hydroxylation is 1. The quantitative estimate of drug-likeness (QED) is 0.147. The maximum Gasteiger partial charge on any atom is 0.329 e. The zero-order chi connectivity index (χ0) is 29.8. The van der Waals surface area contributed by atoms with Crippen LogP contribution < -0.4 is 20.3 Å². The first kappa shape index (κ1) is 31.5. The Labute approximate surface area is 248 Å². The molecule has 1 fully saturated rings. The third kappa shape index (κ3) is 9.27. The van der Waals surface area contributed by atoms with E-state index in [1.54, 1.807) is 6.07 Å². The van der Waals surface area contributed by atoms with Crippen LogP contribution in [0.5, 0.6) is 5.75 Å². The van der Waals surface area contributed by atoms with Crippen molar-refractivity contribution < 1.29 is 33.3 Å². The van der Waals surface area contributed by atoms with Crippen LogP contribution in [0.3, 0.4) is 0 Å². The molecule has 2 aromatic carbocycles. The molecule has 2 N–H and O–H groups in total. The van der Waals surface area contributed by atoms with E-state index in [1.165, 1.54) is 4.90 Å². The number of ether oxygens (including phenoxy) is 4. The van der Waals surface area contributed by atoms with Crippen LogP contribution in [0.1, 0.15) is 75.2 Å². The van der Waals surface area contributed by atoms with Gasteiger partial charge in [0, 0.05) is 39.2 Å². The number of nitrogens with one attached hydrogen (secondary N) is 2. The monoisotopic (exact) mass is 581 g/mol. The predicted octanol–water partition coefficient (Wildman–Crippen LogP) is 4.79. The summed E-state index contributed by atoms with van der Waals surface area (Å²) in [5.74, 6) is -0.0712. The van der Waals surface area contributed by atoms with Gasteiger partial charge in [-0.1, -0.05) is 37.5 Å². The molecule has 1 atom stereocenters. The van der Waals surface area contributed by atoms with Crippen LogP contribution >= 0.6 is 0 Å². The second kappa shape index (κ2) is 15.7. The molecule has 1 saturated heterocycles. The van der Waals surface area contributed by atoms with Crippen LogP contribution in [0.15, 0.2) is 42.5 Å². The molecule has 2 aliphatic heterocycles. The highest BCUT2D eigenvalue weighted by Crippen LogP contribution is 2.33. The molecular weight excluding hydrogens is 538 g/mol. The highest BCUT2D eigenvalue weighted by Gasteiger charge is 2.30. The molecule has 2 heterocycles. The number of imide groups is 1. The number of rotatable bonds is 18. The van der Waals surface area contributed by atoms with Crippen LogP contribution in [0.2, 0.25) is 0 Å². The number of amides is 3.